The molecule has 3 N–H and O–H groups in total. The van der Waals surface area contributed by atoms with E-state index in [0.29, 0.717) is 13.0 Å². The van der Waals surface area contributed by atoms with Gasteiger partial charge in [-0.25, -0.2) is 0 Å². The average molecular weight is 178 g/mol. The molecule has 0 aromatic rings. The lowest BCUT2D eigenvalue weighted by molar-refractivity contribution is 0.221. The smallest absolute Gasteiger partial charge is 0.0452 e. The van der Waals surface area contributed by atoms with Crippen molar-refractivity contribution in [3.63, 3.8) is 0 Å². The van der Waals surface area contributed by atoms with Crippen molar-refractivity contribution >= 4 is 0 Å². The van der Waals surface area contributed by atoms with Gasteiger partial charge in [0, 0.05) is 19.8 Å². The Labute approximate surface area is 75.0 Å². The number of hydrogen-bond donors (Lipinski definition) is 3. The van der Waals surface area contributed by atoms with Crippen LogP contribution in [0.5, 0.6) is 0 Å². The van der Waals surface area contributed by atoms with Gasteiger partial charge in [-0.2, -0.15) is 0 Å². The second-order valence-electron chi connectivity index (χ2n) is 2.59. The predicted molar refractivity (Wildman–Crippen MR) is 50.0 cm³/mol. The van der Waals surface area contributed by atoms with Crippen LogP contribution in [0.3, 0.4) is 0 Å². The van der Waals surface area contributed by atoms with E-state index < -0.39 is 0 Å². The third-order valence-corrected chi connectivity index (χ3v) is 1.33. The minimum absolute atomic E-state index is 0.0938. The van der Waals surface area contributed by atoms with E-state index in [1.165, 1.54) is 19.3 Å². The van der Waals surface area contributed by atoms with Crippen molar-refractivity contribution in [3.05, 3.63) is 0 Å². The standard InChI is InChI=1S/C6H14O.C3H8O2/c1-2-3-4-5-6-7;4-2-1-3-5/h7H,2-6H2,1H3;4-5H,1-3H2. The third-order valence-electron chi connectivity index (χ3n) is 1.33. The van der Waals surface area contributed by atoms with E-state index in [-0.39, 0.29) is 13.2 Å². The van der Waals surface area contributed by atoms with Gasteiger partial charge < -0.3 is 15.3 Å². The van der Waals surface area contributed by atoms with Gasteiger partial charge in [-0.3, -0.25) is 0 Å². The Morgan fingerprint density at radius 3 is 1.42 bits per heavy atom. The second kappa shape index (κ2) is 17.1. The summed E-state index contributed by atoms with van der Waals surface area (Å²) < 4.78 is 0. The van der Waals surface area contributed by atoms with Crippen LogP contribution in [0.25, 0.3) is 0 Å². The van der Waals surface area contributed by atoms with Gasteiger partial charge >= 0.3 is 0 Å². The Bertz CT molecular complexity index is 51.7. The molecule has 3 nitrogen and oxygen atoms in total. The Balaban J connectivity index is 0. The van der Waals surface area contributed by atoms with Crippen molar-refractivity contribution in [3.8, 4) is 0 Å². The van der Waals surface area contributed by atoms with Crippen molar-refractivity contribution in [2.75, 3.05) is 19.8 Å². The topological polar surface area (TPSA) is 60.7 Å². The summed E-state index contributed by atoms with van der Waals surface area (Å²) in [4.78, 5) is 0. The van der Waals surface area contributed by atoms with Crippen LogP contribution < -0.4 is 0 Å². The Kier molecular flexibility index (Phi) is 20.5. The van der Waals surface area contributed by atoms with E-state index in [1.807, 2.05) is 0 Å². The quantitative estimate of drug-likeness (QED) is 0.530. The van der Waals surface area contributed by atoms with Gasteiger partial charge in [-0.1, -0.05) is 26.2 Å². The molecule has 0 amide bonds. The van der Waals surface area contributed by atoms with Crippen LogP contribution in [0.2, 0.25) is 0 Å². The molecule has 0 spiro atoms. The van der Waals surface area contributed by atoms with E-state index in [4.69, 9.17) is 15.3 Å². The zero-order chi connectivity index (χ0) is 9.66. The largest absolute Gasteiger partial charge is 0.396 e. The lowest BCUT2D eigenvalue weighted by Gasteiger charge is -1.90. The summed E-state index contributed by atoms with van der Waals surface area (Å²) in [6.45, 7) is 2.71. The normalized spacial score (nSPS) is 9.00. The molecule has 0 aliphatic carbocycles. The summed E-state index contributed by atoms with van der Waals surface area (Å²) in [7, 11) is 0. The third kappa shape index (κ3) is 22.5. The SMILES string of the molecule is CCCCCCO.OCCCO. The number of rotatable bonds is 6. The maximum absolute atomic E-state index is 8.29. The molecule has 0 saturated heterocycles. The molecule has 0 rings (SSSR count). The Hall–Kier alpha value is -0.120. The van der Waals surface area contributed by atoms with Gasteiger partial charge in [0.25, 0.3) is 0 Å². The number of aliphatic hydroxyl groups is 3. The van der Waals surface area contributed by atoms with Crippen LogP contribution in [-0.2, 0) is 0 Å². The molecule has 76 valence electrons. The first-order chi connectivity index (χ1) is 5.83. The summed E-state index contributed by atoms with van der Waals surface area (Å²) in [5.41, 5.74) is 0. The Morgan fingerprint density at radius 2 is 1.17 bits per heavy atom. The summed E-state index contributed by atoms with van der Waals surface area (Å²) in [5.74, 6) is 0. The molecule has 0 aromatic carbocycles. The molecule has 0 aliphatic rings. The van der Waals surface area contributed by atoms with Gasteiger partial charge in [0.05, 0.1) is 0 Å². The molecule has 0 saturated carbocycles. The fourth-order valence-corrected chi connectivity index (χ4v) is 0.609. The summed E-state index contributed by atoms with van der Waals surface area (Å²) in [6, 6.07) is 0. The van der Waals surface area contributed by atoms with Gasteiger partial charge in [0.2, 0.25) is 0 Å². The minimum atomic E-state index is 0.0938. The second-order valence-corrected chi connectivity index (χ2v) is 2.59. The van der Waals surface area contributed by atoms with Crippen molar-refractivity contribution < 1.29 is 15.3 Å². The maximum Gasteiger partial charge on any atom is 0.0452 e. The van der Waals surface area contributed by atoms with Crippen molar-refractivity contribution in [2.24, 2.45) is 0 Å². The van der Waals surface area contributed by atoms with Crippen LogP contribution in [0.4, 0.5) is 0 Å². The monoisotopic (exact) mass is 178 g/mol. The first-order valence-corrected chi connectivity index (χ1v) is 4.66. The lowest BCUT2D eigenvalue weighted by Crippen LogP contribution is -1.85. The highest BCUT2D eigenvalue weighted by Gasteiger charge is 1.80. The van der Waals surface area contributed by atoms with Gasteiger partial charge in [-0.15, -0.1) is 0 Å². The van der Waals surface area contributed by atoms with Crippen molar-refractivity contribution in [1.29, 1.82) is 0 Å². The predicted octanol–water partition coefficient (Wildman–Crippen LogP) is 0.920. The first kappa shape index (κ1) is 14.4. The zero-order valence-electron chi connectivity index (χ0n) is 8.00. The number of unbranched alkanes of at least 4 members (excludes halogenated alkanes) is 3. The molecule has 0 aromatic heterocycles. The van der Waals surface area contributed by atoms with E-state index >= 15 is 0 Å². The molecule has 0 unspecified atom stereocenters. The molecule has 0 atom stereocenters. The van der Waals surface area contributed by atoms with Crippen LogP contribution in [0.15, 0.2) is 0 Å². The van der Waals surface area contributed by atoms with E-state index in [1.54, 1.807) is 0 Å². The minimum Gasteiger partial charge on any atom is -0.396 e. The van der Waals surface area contributed by atoms with E-state index in [2.05, 4.69) is 6.92 Å². The van der Waals surface area contributed by atoms with Crippen LogP contribution >= 0.6 is 0 Å². The summed E-state index contributed by atoms with van der Waals surface area (Å²) in [6.07, 6.45) is 5.18. The maximum atomic E-state index is 8.29. The number of aliphatic hydroxyl groups excluding tert-OH is 3. The van der Waals surface area contributed by atoms with Gasteiger partial charge in [0.1, 0.15) is 0 Å². The summed E-state index contributed by atoms with van der Waals surface area (Å²) >= 11 is 0. The zero-order valence-corrected chi connectivity index (χ0v) is 8.00. The molecule has 0 bridgehead atoms. The molecule has 0 radical (unpaired) electrons. The lowest BCUT2D eigenvalue weighted by atomic mass is 10.2. The van der Waals surface area contributed by atoms with Crippen molar-refractivity contribution in [2.45, 2.75) is 39.0 Å². The van der Waals surface area contributed by atoms with Crippen LogP contribution in [0.1, 0.15) is 39.0 Å². The molecule has 0 heterocycles. The van der Waals surface area contributed by atoms with Gasteiger partial charge in [-0.05, 0) is 12.8 Å². The molecule has 12 heavy (non-hydrogen) atoms. The molecular weight excluding hydrogens is 156 g/mol. The fraction of sp³-hybridized carbons (Fsp3) is 1.00. The van der Waals surface area contributed by atoms with Crippen LogP contribution in [-0.4, -0.2) is 35.1 Å². The van der Waals surface area contributed by atoms with Gasteiger partial charge in [0.15, 0.2) is 0 Å². The highest BCUT2D eigenvalue weighted by molar-refractivity contribution is 4.35. The number of hydrogen-bond acceptors (Lipinski definition) is 3. The average Bonchev–Trinajstić information content (AvgIpc) is 2.08. The van der Waals surface area contributed by atoms with E-state index in [9.17, 15) is 0 Å². The Morgan fingerprint density at radius 1 is 0.667 bits per heavy atom. The first-order valence-electron chi connectivity index (χ1n) is 4.66. The summed E-state index contributed by atoms with van der Waals surface area (Å²) in [5, 5.41) is 24.1. The molecule has 0 fully saturated rings. The molecular formula is C9H22O3. The highest BCUT2D eigenvalue weighted by atomic mass is 16.3. The van der Waals surface area contributed by atoms with Crippen molar-refractivity contribution in [1.82, 2.24) is 0 Å². The fourth-order valence-electron chi connectivity index (χ4n) is 0.609. The highest BCUT2D eigenvalue weighted by Crippen LogP contribution is 1.95. The van der Waals surface area contributed by atoms with Crippen LogP contribution in [0, 0.1) is 0 Å². The molecule has 0 aliphatic heterocycles. The van der Waals surface area contributed by atoms with E-state index in [0.717, 1.165) is 6.42 Å². The molecule has 3 heteroatoms.